The second kappa shape index (κ2) is 9.63. The summed E-state index contributed by atoms with van der Waals surface area (Å²) >= 11 is 0. The molecule has 6 heteroatoms. The summed E-state index contributed by atoms with van der Waals surface area (Å²) in [6.07, 6.45) is 0.850. The molecule has 0 radical (unpaired) electrons. The van der Waals surface area contributed by atoms with Gasteiger partial charge in [-0.25, -0.2) is 4.79 Å². The number of esters is 1. The minimum atomic E-state index is -0.313. The van der Waals surface area contributed by atoms with Crippen LogP contribution in [0.1, 0.15) is 18.9 Å². The molecule has 21 heavy (non-hydrogen) atoms. The predicted molar refractivity (Wildman–Crippen MR) is 79.3 cm³/mol. The van der Waals surface area contributed by atoms with Crippen molar-refractivity contribution in [1.82, 2.24) is 10.6 Å². The van der Waals surface area contributed by atoms with Crippen LogP contribution in [0.25, 0.3) is 0 Å². The number of hydrogen-bond acceptors (Lipinski definition) is 4. The molecule has 0 aliphatic heterocycles. The highest BCUT2D eigenvalue weighted by Gasteiger charge is 2.05. The van der Waals surface area contributed by atoms with Gasteiger partial charge in [-0.1, -0.05) is 18.2 Å². The van der Waals surface area contributed by atoms with Gasteiger partial charge in [-0.05, 0) is 25.0 Å². The van der Waals surface area contributed by atoms with Gasteiger partial charge in [0.05, 0.1) is 20.1 Å². The van der Waals surface area contributed by atoms with Crippen molar-refractivity contribution in [2.45, 2.75) is 19.8 Å². The van der Waals surface area contributed by atoms with Crippen LogP contribution < -0.4 is 15.4 Å². The smallest absolute Gasteiger partial charge is 0.314 e. The van der Waals surface area contributed by atoms with Crippen molar-refractivity contribution in [3.05, 3.63) is 29.8 Å². The summed E-state index contributed by atoms with van der Waals surface area (Å²) in [7, 11) is 1.62. The Morgan fingerprint density at radius 2 is 1.86 bits per heavy atom. The van der Waals surface area contributed by atoms with Crippen molar-refractivity contribution in [3.63, 3.8) is 0 Å². The molecule has 2 amide bonds. The van der Waals surface area contributed by atoms with E-state index in [9.17, 15) is 9.59 Å². The van der Waals surface area contributed by atoms with Gasteiger partial charge in [0.15, 0.2) is 0 Å². The third kappa shape index (κ3) is 6.65. The highest BCUT2D eigenvalue weighted by atomic mass is 16.5. The summed E-state index contributed by atoms with van der Waals surface area (Å²) in [6.45, 7) is 2.85. The lowest BCUT2D eigenvalue weighted by Gasteiger charge is -2.10. The lowest BCUT2D eigenvalue weighted by Crippen LogP contribution is -2.37. The minimum Gasteiger partial charge on any atom is -0.496 e. The maximum absolute atomic E-state index is 11.5. The summed E-state index contributed by atoms with van der Waals surface area (Å²) in [6, 6.07) is 7.37. The zero-order valence-electron chi connectivity index (χ0n) is 12.5. The standard InChI is InChI=1S/C15H22N2O4/c1-3-21-14(18)9-11-17-15(19)16-10-8-12-6-4-5-7-13(12)20-2/h4-7H,3,8-11H2,1-2H3,(H2,16,17,19). The van der Waals surface area contributed by atoms with E-state index in [1.807, 2.05) is 24.3 Å². The van der Waals surface area contributed by atoms with Gasteiger partial charge in [0.1, 0.15) is 5.75 Å². The number of methoxy groups -OCH3 is 1. The molecule has 0 spiro atoms. The van der Waals surface area contributed by atoms with Gasteiger partial charge >= 0.3 is 12.0 Å². The Morgan fingerprint density at radius 1 is 1.14 bits per heavy atom. The van der Waals surface area contributed by atoms with Crippen LogP contribution in [-0.2, 0) is 16.0 Å². The SMILES string of the molecule is CCOC(=O)CCNC(=O)NCCc1ccccc1OC. The summed E-state index contributed by atoms with van der Waals surface area (Å²) in [5, 5.41) is 5.34. The van der Waals surface area contributed by atoms with Crippen molar-refractivity contribution >= 4 is 12.0 Å². The molecular weight excluding hydrogens is 272 g/mol. The van der Waals surface area contributed by atoms with E-state index in [1.165, 1.54) is 0 Å². The molecule has 0 saturated carbocycles. The van der Waals surface area contributed by atoms with Gasteiger partial charge in [0.2, 0.25) is 0 Å². The third-order valence-corrected chi connectivity index (χ3v) is 2.79. The molecule has 1 rings (SSSR count). The average Bonchev–Trinajstić information content (AvgIpc) is 2.48. The van der Waals surface area contributed by atoms with Crippen LogP contribution in [0, 0.1) is 0 Å². The fraction of sp³-hybridized carbons (Fsp3) is 0.467. The van der Waals surface area contributed by atoms with Crippen LogP contribution in [0.15, 0.2) is 24.3 Å². The number of amides is 2. The van der Waals surface area contributed by atoms with Crippen molar-refractivity contribution in [2.24, 2.45) is 0 Å². The maximum atomic E-state index is 11.5. The summed E-state index contributed by atoms with van der Waals surface area (Å²) in [5.41, 5.74) is 1.03. The molecule has 2 N–H and O–H groups in total. The van der Waals surface area contributed by atoms with E-state index in [2.05, 4.69) is 10.6 Å². The van der Waals surface area contributed by atoms with E-state index in [-0.39, 0.29) is 25.0 Å². The van der Waals surface area contributed by atoms with Gasteiger partial charge in [0, 0.05) is 13.1 Å². The molecule has 0 unspecified atom stereocenters. The predicted octanol–water partition coefficient (Wildman–Crippen LogP) is 1.49. The van der Waals surface area contributed by atoms with Crippen molar-refractivity contribution in [3.8, 4) is 5.75 Å². The van der Waals surface area contributed by atoms with Gasteiger partial charge in [-0.15, -0.1) is 0 Å². The number of carbonyl (C=O) groups is 2. The Kier molecular flexibility index (Phi) is 7.71. The van der Waals surface area contributed by atoms with Crippen molar-refractivity contribution in [1.29, 1.82) is 0 Å². The van der Waals surface area contributed by atoms with E-state index >= 15 is 0 Å². The van der Waals surface area contributed by atoms with Gasteiger partial charge in [-0.2, -0.15) is 0 Å². The maximum Gasteiger partial charge on any atom is 0.314 e. The van der Waals surface area contributed by atoms with Crippen molar-refractivity contribution in [2.75, 3.05) is 26.8 Å². The van der Waals surface area contributed by atoms with E-state index in [1.54, 1.807) is 14.0 Å². The van der Waals surface area contributed by atoms with E-state index in [0.29, 0.717) is 19.6 Å². The molecule has 0 atom stereocenters. The summed E-state index contributed by atoms with van der Waals surface area (Å²) in [4.78, 5) is 22.6. The molecule has 1 aromatic carbocycles. The van der Waals surface area contributed by atoms with Crippen molar-refractivity contribution < 1.29 is 19.1 Å². The fourth-order valence-electron chi connectivity index (χ4n) is 1.79. The van der Waals surface area contributed by atoms with Gasteiger partial charge in [-0.3, -0.25) is 4.79 Å². The molecule has 0 aromatic heterocycles. The first-order valence-electron chi connectivity index (χ1n) is 6.96. The Morgan fingerprint density at radius 3 is 2.57 bits per heavy atom. The quantitative estimate of drug-likeness (QED) is 0.712. The number of benzene rings is 1. The second-order valence-electron chi connectivity index (χ2n) is 4.30. The molecular formula is C15H22N2O4. The first-order valence-corrected chi connectivity index (χ1v) is 6.96. The third-order valence-electron chi connectivity index (χ3n) is 2.79. The van der Waals surface area contributed by atoms with Crippen LogP contribution in [-0.4, -0.2) is 38.8 Å². The first-order chi connectivity index (χ1) is 10.2. The lowest BCUT2D eigenvalue weighted by molar-refractivity contribution is -0.142. The van der Waals surface area contributed by atoms with Crippen LogP contribution >= 0.6 is 0 Å². The highest BCUT2D eigenvalue weighted by Crippen LogP contribution is 2.17. The molecule has 0 aliphatic carbocycles. The number of nitrogens with one attached hydrogen (secondary N) is 2. The Hall–Kier alpha value is -2.24. The van der Waals surface area contributed by atoms with Crippen LogP contribution in [0.5, 0.6) is 5.75 Å². The topological polar surface area (TPSA) is 76.7 Å². The Labute approximate surface area is 124 Å². The molecule has 0 saturated heterocycles. The largest absolute Gasteiger partial charge is 0.496 e. The summed E-state index contributed by atoms with van der Waals surface area (Å²) < 4.78 is 10.0. The number of carbonyl (C=O) groups excluding carboxylic acids is 2. The first kappa shape index (κ1) is 16.8. The number of hydrogen-bond donors (Lipinski definition) is 2. The Bertz CT molecular complexity index is 463. The monoisotopic (exact) mass is 294 g/mol. The zero-order valence-corrected chi connectivity index (χ0v) is 12.5. The van der Waals surface area contributed by atoms with Gasteiger partial charge in [0.25, 0.3) is 0 Å². The molecule has 0 bridgehead atoms. The molecule has 0 aliphatic rings. The van der Waals surface area contributed by atoms with Gasteiger partial charge < -0.3 is 20.1 Å². The molecule has 116 valence electrons. The lowest BCUT2D eigenvalue weighted by atomic mass is 10.1. The zero-order chi connectivity index (χ0) is 15.5. The van der Waals surface area contributed by atoms with E-state index in [0.717, 1.165) is 11.3 Å². The highest BCUT2D eigenvalue weighted by molar-refractivity contribution is 5.75. The fourth-order valence-corrected chi connectivity index (χ4v) is 1.79. The number of urea groups is 1. The Balaban J connectivity index is 2.20. The average molecular weight is 294 g/mol. The van der Waals surface area contributed by atoms with Crippen LogP contribution in [0.4, 0.5) is 4.79 Å². The summed E-state index contributed by atoms with van der Waals surface area (Å²) in [5.74, 6) is 0.494. The number of ether oxygens (including phenoxy) is 2. The second-order valence-corrected chi connectivity index (χ2v) is 4.30. The van der Waals surface area contributed by atoms with Crippen LogP contribution in [0.3, 0.4) is 0 Å². The number of rotatable bonds is 8. The molecule has 6 nitrogen and oxygen atoms in total. The molecule has 0 fully saturated rings. The minimum absolute atomic E-state index is 0.174. The normalized spacial score (nSPS) is 9.81. The van der Waals surface area contributed by atoms with Crippen LogP contribution in [0.2, 0.25) is 0 Å². The van der Waals surface area contributed by atoms with E-state index < -0.39 is 0 Å². The molecule has 1 aromatic rings. The number of para-hydroxylation sites is 1. The molecule has 0 heterocycles. The van der Waals surface area contributed by atoms with E-state index in [4.69, 9.17) is 9.47 Å².